The van der Waals surface area contributed by atoms with Crippen LogP contribution in [0.5, 0.6) is 11.8 Å². The Kier molecular flexibility index (Phi) is 4.40. The molecule has 0 spiro atoms. The Morgan fingerprint density at radius 3 is 2.00 bits per heavy atom. The maximum atomic E-state index is 5.25. The zero-order valence-electron chi connectivity index (χ0n) is 12.2. The molecule has 0 atom stereocenters. The predicted molar refractivity (Wildman–Crippen MR) is 78.4 cm³/mol. The molecule has 0 aliphatic rings. The van der Waals surface area contributed by atoms with Gasteiger partial charge in [-0.3, -0.25) is 0 Å². The Hall–Kier alpha value is -2.30. The minimum Gasteiger partial charge on any atom is -0.481 e. The van der Waals surface area contributed by atoms with E-state index >= 15 is 0 Å². The molecule has 106 valence electrons. The van der Waals surface area contributed by atoms with Gasteiger partial charge in [0, 0.05) is 5.69 Å². The summed E-state index contributed by atoms with van der Waals surface area (Å²) >= 11 is 0. The quantitative estimate of drug-likeness (QED) is 0.907. The van der Waals surface area contributed by atoms with Crippen molar-refractivity contribution in [1.29, 1.82) is 0 Å². The van der Waals surface area contributed by atoms with Crippen LogP contribution in [-0.4, -0.2) is 24.2 Å². The number of nitrogens with zero attached hydrogens (tertiary/aromatic N) is 2. The third kappa shape index (κ3) is 3.17. The summed E-state index contributed by atoms with van der Waals surface area (Å²) in [6.45, 7) is 4.69. The first-order valence-corrected chi connectivity index (χ1v) is 6.38. The van der Waals surface area contributed by atoms with Crippen LogP contribution in [0.3, 0.4) is 0 Å². The van der Waals surface area contributed by atoms with Crippen LogP contribution in [-0.2, 0) is 6.54 Å². The summed E-state index contributed by atoms with van der Waals surface area (Å²) in [5.74, 6) is 1.04. The molecule has 0 fully saturated rings. The topological polar surface area (TPSA) is 56.3 Å². The van der Waals surface area contributed by atoms with Crippen molar-refractivity contribution in [3.05, 3.63) is 41.2 Å². The van der Waals surface area contributed by atoms with Gasteiger partial charge in [0.2, 0.25) is 11.8 Å². The van der Waals surface area contributed by atoms with Crippen molar-refractivity contribution >= 4 is 5.69 Å². The van der Waals surface area contributed by atoms with E-state index in [1.54, 1.807) is 14.2 Å². The molecule has 0 radical (unpaired) electrons. The van der Waals surface area contributed by atoms with Crippen molar-refractivity contribution < 1.29 is 9.47 Å². The van der Waals surface area contributed by atoms with Gasteiger partial charge in [-0.25, -0.2) is 9.97 Å². The van der Waals surface area contributed by atoms with E-state index in [1.807, 2.05) is 0 Å². The zero-order chi connectivity index (χ0) is 14.5. The molecule has 2 aromatic rings. The first kappa shape index (κ1) is 14.1. The SMILES string of the molecule is COc1ncnc(OC)c1CNc1cc(C)cc(C)c1. The Bertz CT molecular complexity index is 557. The lowest BCUT2D eigenvalue weighted by Crippen LogP contribution is -2.07. The predicted octanol–water partition coefficient (Wildman–Crippen LogP) is 2.72. The van der Waals surface area contributed by atoms with E-state index in [0.717, 1.165) is 11.3 Å². The second kappa shape index (κ2) is 6.23. The summed E-state index contributed by atoms with van der Waals surface area (Å²) in [5, 5.41) is 3.35. The van der Waals surface area contributed by atoms with Gasteiger partial charge in [0.05, 0.1) is 26.3 Å². The van der Waals surface area contributed by atoms with Gasteiger partial charge in [0.1, 0.15) is 6.33 Å². The molecule has 1 aromatic carbocycles. The zero-order valence-corrected chi connectivity index (χ0v) is 12.2. The van der Waals surface area contributed by atoms with Gasteiger partial charge in [0.15, 0.2) is 0 Å². The minimum absolute atomic E-state index is 0.522. The highest BCUT2D eigenvalue weighted by Gasteiger charge is 2.12. The molecule has 0 aliphatic carbocycles. The number of benzene rings is 1. The fourth-order valence-electron chi connectivity index (χ4n) is 2.15. The third-order valence-corrected chi connectivity index (χ3v) is 2.94. The molecule has 5 heteroatoms. The Balaban J connectivity index is 2.22. The number of nitrogens with one attached hydrogen (secondary N) is 1. The fraction of sp³-hybridized carbons (Fsp3) is 0.333. The first-order chi connectivity index (χ1) is 9.63. The highest BCUT2D eigenvalue weighted by molar-refractivity contribution is 5.50. The number of anilines is 1. The molecule has 0 saturated heterocycles. The third-order valence-electron chi connectivity index (χ3n) is 2.94. The maximum absolute atomic E-state index is 5.25. The number of aryl methyl sites for hydroxylation is 2. The van der Waals surface area contributed by atoms with E-state index in [-0.39, 0.29) is 0 Å². The number of hydrogen-bond acceptors (Lipinski definition) is 5. The molecule has 1 heterocycles. The lowest BCUT2D eigenvalue weighted by molar-refractivity contribution is 0.363. The molecule has 0 unspecified atom stereocenters. The van der Waals surface area contributed by atoms with E-state index in [1.165, 1.54) is 17.5 Å². The number of ether oxygens (including phenoxy) is 2. The van der Waals surface area contributed by atoms with E-state index in [2.05, 4.69) is 47.3 Å². The first-order valence-electron chi connectivity index (χ1n) is 6.38. The Labute approximate surface area is 119 Å². The van der Waals surface area contributed by atoms with E-state index in [0.29, 0.717) is 18.3 Å². The summed E-state index contributed by atoms with van der Waals surface area (Å²) in [6, 6.07) is 6.32. The van der Waals surface area contributed by atoms with Crippen LogP contribution in [0.25, 0.3) is 0 Å². The van der Waals surface area contributed by atoms with Crippen LogP contribution >= 0.6 is 0 Å². The fourth-order valence-corrected chi connectivity index (χ4v) is 2.15. The normalized spacial score (nSPS) is 10.2. The summed E-state index contributed by atoms with van der Waals surface area (Å²) in [4.78, 5) is 8.20. The molecule has 0 saturated carbocycles. The van der Waals surface area contributed by atoms with Gasteiger partial charge in [-0.05, 0) is 37.1 Å². The number of hydrogen-bond donors (Lipinski definition) is 1. The summed E-state index contributed by atoms with van der Waals surface area (Å²) in [6.07, 6.45) is 1.43. The van der Waals surface area contributed by atoms with Crippen LogP contribution in [0.1, 0.15) is 16.7 Å². The van der Waals surface area contributed by atoms with Crippen molar-refractivity contribution in [2.75, 3.05) is 19.5 Å². The highest BCUT2D eigenvalue weighted by atomic mass is 16.5. The number of aromatic nitrogens is 2. The molecule has 5 nitrogen and oxygen atoms in total. The van der Waals surface area contributed by atoms with Crippen molar-refractivity contribution in [2.45, 2.75) is 20.4 Å². The molecule has 0 aliphatic heterocycles. The lowest BCUT2D eigenvalue weighted by Gasteiger charge is -2.13. The lowest BCUT2D eigenvalue weighted by atomic mass is 10.1. The van der Waals surface area contributed by atoms with Gasteiger partial charge in [0.25, 0.3) is 0 Å². The Morgan fingerprint density at radius 1 is 0.950 bits per heavy atom. The van der Waals surface area contributed by atoms with Crippen LogP contribution in [0.2, 0.25) is 0 Å². The second-order valence-corrected chi connectivity index (χ2v) is 4.60. The monoisotopic (exact) mass is 273 g/mol. The van der Waals surface area contributed by atoms with Gasteiger partial charge in [-0.15, -0.1) is 0 Å². The number of rotatable bonds is 5. The van der Waals surface area contributed by atoms with Crippen LogP contribution in [0, 0.1) is 13.8 Å². The Morgan fingerprint density at radius 2 is 1.50 bits per heavy atom. The maximum Gasteiger partial charge on any atom is 0.225 e. The average molecular weight is 273 g/mol. The molecule has 1 aromatic heterocycles. The second-order valence-electron chi connectivity index (χ2n) is 4.60. The van der Waals surface area contributed by atoms with Gasteiger partial charge in [-0.1, -0.05) is 6.07 Å². The van der Waals surface area contributed by atoms with Crippen LogP contribution < -0.4 is 14.8 Å². The van der Waals surface area contributed by atoms with Crippen molar-refractivity contribution in [1.82, 2.24) is 9.97 Å². The highest BCUT2D eigenvalue weighted by Crippen LogP contribution is 2.25. The van der Waals surface area contributed by atoms with Crippen molar-refractivity contribution in [3.63, 3.8) is 0 Å². The number of methoxy groups -OCH3 is 2. The molecular formula is C15H19N3O2. The molecular weight excluding hydrogens is 254 g/mol. The average Bonchev–Trinajstić information content (AvgIpc) is 2.43. The van der Waals surface area contributed by atoms with Crippen LogP contribution in [0.4, 0.5) is 5.69 Å². The van der Waals surface area contributed by atoms with E-state index in [9.17, 15) is 0 Å². The molecule has 0 bridgehead atoms. The molecule has 0 amide bonds. The van der Waals surface area contributed by atoms with E-state index < -0.39 is 0 Å². The summed E-state index contributed by atoms with van der Waals surface area (Å²) in [7, 11) is 3.17. The van der Waals surface area contributed by atoms with E-state index in [4.69, 9.17) is 9.47 Å². The molecule has 1 N–H and O–H groups in total. The van der Waals surface area contributed by atoms with Gasteiger partial charge >= 0.3 is 0 Å². The summed E-state index contributed by atoms with van der Waals surface area (Å²) < 4.78 is 10.5. The summed E-state index contributed by atoms with van der Waals surface area (Å²) in [5.41, 5.74) is 4.29. The molecule has 20 heavy (non-hydrogen) atoms. The molecule has 2 rings (SSSR count). The van der Waals surface area contributed by atoms with Crippen molar-refractivity contribution in [2.24, 2.45) is 0 Å². The standard InChI is InChI=1S/C15H19N3O2/c1-10-5-11(2)7-12(6-10)16-8-13-14(19-3)17-9-18-15(13)20-4/h5-7,9,16H,8H2,1-4H3. The largest absolute Gasteiger partial charge is 0.481 e. The van der Waals surface area contributed by atoms with Gasteiger partial charge < -0.3 is 14.8 Å². The minimum atomic E-state index is 0.522. The van der Waals surface area contributed by atoms with Gasteiger partial charge in [-0.2, -0.15) is 0 Å². The van der Waals surface area contributed by atoms with Crippen LogP contribution in [0.15, 0.2) is 24.5 Å². The smallest absolute Gasteiger partial charge is 0.225 e. The van der Waals surface area contributed by atoms with Crippen molar-refractivity contribution in [3.8, 4) is 11.8 Å².